The number of carbonyl (C=O) groups is 1. The number of hydrogen-bond donors (Lipinski definition) is 3. The first-order chi connectivity index (χ1) is 15.0. The zero-order chi connectivity index (χ0) is 22.8. The van der Waals surface area contributed by atoms with Crippen LogP contribution in [-0.4, -0.2) is 40.6 Å². The first-order valence-electron chi connectivity index (χ1n) is 10.2. The highest BCUT2D eigenvalue weighted by atomic mass is 16.3. The van der Waals surface area contributed by atoms with E-state index in [1.165, 1.54) is 0 Å². The summed E-state index contributed by atoms with van der Waals surface area (Å²) in [4.78, 5) is 26.8. The van der Waals surface area contributed by atoms with E-state index in [9.17, 15) is 14.9 Å². The molecule has 0 fully saturated rings. The number of carbonyl (C=O) groups excluding carboxylic acids is 1. The Morgan fingerprint density at radius 3 is 2.68 bits per heavy atom. The minimum absolute atomic E-state index is 0.0880. The van der Waals surface area contributed by atoms with Crippen LogP contribution >= 0.6 is 0 Å². The fourth-order valence-electron chi connectivity index (χ4n) is 3.16. The highest BCUT2D eigenvalue weighted by Gasteiger charge is 2.14. The number of aromatic amines is 1. The predicted octanol–water partition coefficient (Wildman–Crippen LogP) is 3.15. The number of aldehydes is 1. The molecule has 0 saturated heterocycles. The lowest BCUT2D eigenvalue weighted by Crippen LogP contribution is -2.19. The molecule has 0 saturated carbocycles. The predicted molar refractivity (Wildman–Crippen MR) is 123 cm³/mol. The molecule has 0 aliphatic heterocycles. The van der Waals surface area contributed by atoms with E-state index in [1.807, 2.05) is 39.0 Å². The zero-order valence-corrected chi connectivity index (χ0v) is 18.1. The minimum atomic E-state index is -0.0880. The number of aliphatic hydroxyl groups is 1. The van der Waals surface area contributed by atoms with Gasteiger partial charge in [-0.25, -0.2) is 0 Å². The van der Waals surface area contributed by atoms with Crippen LogP contribution in [0.15, 0.2) is 47.4 Å². The average Bonchev–Trinajstić information content (AvgIpc) is 3.19. The summed E-state index contributed by atoms with van der Waals surface area (Å²) in [6.07, 6.45) is 6.27. The fourth-order valence-corrected chi connectivity index (χ4v) is 3.16. The summed E-state index contributed by atoms with van der Waals surface area (Å²) < 4.78 is 1.63. The maximum atomic E-state index is 12.7. The molecule has 0 atom stereocenters. The molecular formula is C24H28N4O3. The lowest BCUT2D eigenvalue weighted by Gasteiger charge is -2.10. The number of aromatic nitrogens is 2. The van der Waals surface area contributed by atoms with Gasteiger partial charge in [-0.15, -0.1) is 0 Å². The Morgan fingerprint density at radius 1 is 1.32 bits per heavy atom. The molecule has 162 valence electrons. The van der Waals surface area contributed by atoms with Crippen LogP contribution in [0.5, 0.6) is 0 Å². The van der Waals surface area contributed by atoms with Gasteiger partial charge in [0.15, 0.2) is 6.29 Å². The van der Waals surface area contributed by atoms with Crippen LogP contribution in [0, 0.1) is 18.3 Å². The third-order valence-electron chi connectivity index (χ3n) is 4.69. The van der Waals surface area contributed by atoms with Crippen molar-refractivity contribution in [3.63, 3.8) is 0 Å². The summed E-state index contributed by atoms with van der Waals surface area (Å²) in [5.74, 6) is 0. The SMILES string of the molecule is C/C=C/Cn1cc(-c2ccc(C=O)c(C#N)c2)c2cc(C)[nH]c2c1=O.CCNCCO. The van der Waals surface area contributed by atoms with Crippen molar-refractivity contribution in [2.75, 3.05) is 19.7 Å². The molecule has 0 unspecified atom stereocenters. The lowest BCUT2D eigenvalue weighted by atomic mass is 9.99. The van der Waals surface area contributed by atoms with Gasteiger partial charge >= 0.3 is 0 Å². The van der Waals surface area contributed by atoms with E-state index >= 15 is 0 Å². The molecule has 0 spiro atoms. The van der Waals surface area contributed by atoms with Crippen LogP contribution in [0.2, 0.25) is 0 Å². The highest BCUT2D eigenvalue weighted by molar-refractivity contribution is 5.95. The average molecular weight is 421 g/mol. The van der Waals surface area contributed by atoms with Crippen molar-refractivity contribution in [3.05, 3.63) is 69.8 Å². The topological polar surface area (TPSA) is 111 Å². The smallest absolute Gasteiger partial charge is 0.275 e. The molecular weight excluding hydrogens is 392 g/mol. The third-order valence-corrected chi connectivity index (χ3v) is 4.69. The van der Waals surface area contributed by atoms with Crippen molar-refractivity contribution >= 4 is 17.2 Å². The standard InChI is InChI=1S/C20H17N3O2.C4H11NO/c1-3-4-7-23-11-18(17-8-13(2)22-19(17)20(23)25)14-5-6-15(12-24)16(9-14)10-21;1-2-5-3-4-6/h3-6,8-9,11-12,22H,7H2,1-2H3;5-6H,2-4H2,1H3/b4-3+;. The first-order valence-corrected chi connectivity index (χ1v) is 10.2. The number of pyridine rings is 1. The van der Waals surface area contributed by atoms with E-state index in [2.05, 4.69) is 16.4 Å². The number of H-pyrrole nitrogens is 1. The molecule has 2 aromatic heterocycles. The van der Waals surface area contributed by atoms with Crippen molar-refractivity contribution in [2.45, 2.75) is 27.3 Å². The van der Waals surface area contributed by atoms with Crippen LogP contribution in [0.25, 0.3) is 22.0 Å². The van der Waals surface area contributed by atoms with Crippen LogP contribution in [-0.2, 0) is 6.54 Å². The molecule has 1 aromatic carbocycles. The summed E-state index contributed by atoms with van der Waals surface area (Å²) in [5, 5.41) is 21.2. The number of rotatable bonds is 7. The number of benzene rings is 1. The van der Waals surface area contributed by atoms with Gasteiger partial charge in [0.05, 0.1) is 18.2 Å². The molecule has 0 amide bonds. The molecule has 0 radical (unpaired) electrons. The molecule has 0 bridgehead atoms. The Morgan fingerprint density at radius 2 is 2.10 bits per heavy atom. The Bertz CT molecular complexity index is 1160. The largest absolute Gasteiger partial charge is 0.395 e. The third kappa shape index (κ3) is 5.79. The minimum Gasteiger partial charge on any atom is -0.395 e. The monoisotopic (exact) mass is 420 g/mol. The van der Waals surface area contributed by atoms with E-state index in [4.69, 9.17) is 5.11 Å². The second kappa shape index (κ2) is 11.6. The van der Waals surface area contributed by atoms with E-state index < -0.39 is 0 Å². The summed E-state index contributed by atoms with van der Waals surface area (Å²) in [7, 11) is 0. The summed E-state index contributed by atoms with van der Waals surface area (Å²) in [6, 6.07) is 9.09. The van der Waals surface area contributed by atoms with E-state index in [1.54, 1.807) is 29.0 Å². The quantitative estimate of drug-likeness (QED) is 0.309. The van der Waals surface area contributed by atoms with Gasteiger partial charge in [0, 0.05) is 41.5 Å². The van der Waals surface area contributed by atoms with Crippen molar-refractivity contribution in [3.8, 4) is 17.2 Å². The molecule has 0 aliphatic rings. The Kier molecular flexibility index (Phi) is 8.94. The lowest BCUT2D eigenvalue weighted by molar-refractivity contribution is 0.112. The zero-order valence-electron chi connectivity index (χ0n) is 18.1. The fraction of sp³-hybridized carbons (Fsp3) is 0.292. The van der Waals surface area contributed by atoms with Gasteiger partial charge in [-0.2, -0.15) is 5.26 Å². The van der Waals surface area contributed by atoms with Gasteiger partial charge in [-0.1, -0.05) is 25.1 Å². The summed E-state index contributed by atoms with van der Waals surface area (Å²) in [6.45, 7) is 8.19. The molecule has 0 aliphatic carbocycles. The van der Waals surface area contributed by atoms with Crippen molar-refractivity contribution in [2.24, 2.45) is 0 Å². The van der Waals surface area contributed by atoms with Crippen LogP contribution in [0.3, 0.4) is 0 Å². The first kappa shape index (κ1) is 23.8. The second-order valence-electron chi connectivity index (χ2n) is 6.92. The maximum absolute atomic E-state index is 12.7. The Balaban J connectivity index is 0.000000501. The Hall–Kier alpha value is -3.47. The number of aliphatic hydroxyl groups excluding tert-OH is 1. The van der Waals surface area contributed by atoms with Gasteiger partial charge in [0.2, 0.25) is 0 Å². The van der Waals surface area contributed by atoms with Crippen LogP contribution < -0.4 is 10.9 Å². The molecule has 7 heteroatoms. The molecule has 2 heterocycles. The van der Waals surface area contributed by atoms with Crippen molar-refractivity contribution in [1.29, 1.82) is 5.26 Å². The second-order valence-corrected chi connectivity index (χ2v) is 6.92. The number of nitrogens with one attached hydrogen (secondary N) is 2. The number of nitrogens with zero attached hydrogens (tertiary/aromatic N) is 2. The van der Waals surface area contributed by atoms with Crippen molar-refractivity contribution in [1.82, 2.24) is 14.9 Å². The van der Waals surface area contributed by atoms with Gasteiger partial charge in [0.25, 0.3) is 5.56 Å². The normalized spacial score (nSPS) is 10.7. The Labute approximate surface area is 181 Å². The molecule has 3 aromatic rings. The van der Waals surface area contributed by atoms with E-state index in [0.717, 1.165) is 35.3 Å². The van der Waals surface area contributed by atoms with Gasteiger partial charge in [-0.05, 0) is 44.2 Å². The van der Waals surface area contributed by atoms with E-state index in [-0.39, 0.29) is 12.2 Å². The molecule has 3 N–H and O–H groups in total. The van der Waals surface area contributed by atoms with E-state index in [0.29, 0.717) is 29.5 Å². The van der Waals surface area contributed by atoms with Crippen LogP contribution in [0.1, 0.15) is 35.5 Å². The number of likely N-dealkylation sites (N-methyl/N-ethyl adjacent to an activating group) is 1. The van der Waals surface area contributed by atoms with Crippen molar-refractivity contribution < 1.29 is 9.90 Å². The number of fused-ring (bicyclic) bond motifs is 1. The van der Waals surface area contributed by atoms with Crippen LogP contribution in [0.4, 0.5) is 0 Å². The maximum Gasteiger partial charge on any atom is 0.275 e. The number of allylic oxidation sites excluding steroid dienone is 2. The molecule has 7 nitrogen and oxygen atoms in total. The molecule has 3 rings (SSSR count). The summed E-state index contributed by atoms with van der Waals surface area (Å²) >= 11 is 0. The van der Waals surface area contributed by atoms with Gasteiger partial charge < -0.3 is 20.0 Å². The number of nitriles is 1. The summed E-state index contributed by atoms with van der Waals surface area (Å²) in [5.41, 5.74) is 3.65. The van der Waals surface area contributed by atoms with Gasteiger partial charge in [0.1, 0.15) is 5.52 Å². The molecule has 31 heavy (non-hydrogen) atoms. The highest BCUT2D eigenvalue weighted by Crippen LogP contribution is 2.29. The number of hydrogen-bond acceptors (Lipinski definition) is 5. The number of aryl methyl sites for hydroxylation is 1. The van der Waals surface area contributed by atoms with Gasteiger partial charge in [-0.3, -0.25) is 9.59 Å².